The van der Waals surface area contributed by atoms with Gasteiger partial charge >= 0.3 is 0 Å². The van der Waals surface area contributed by atoms with Crippen LogP contribution in [0.15, 0.2) is 34.8 Å². The third kappa shape index (κ3) is 3.36. The Balaban J connectivity index is 2.57. The molecule has 2 aromatic carbocycles. The van der Waals surface area contributed by atoms with Gasteiger partial charge in [0.1, 0.15) is 5.75 Å². The second-order valence-electron chi connectivity index (χ2n) is 4.40. The van der Waals surface area contributed by atoms with Crippen LogP contribution in [-0.2, 0) is 0 Å². The van der Waals surface area contributed by atoms with Gasteiger partial charge in [-0.1, -0.05) is 33.6 Å². The third-order valence-corrected chi connectivity index (χ3v) is 3.97. The van der Waals surface area contributed by atoms with E-state index >= 15 is 0 Å². The molecule has 0 aliphatic heterocycles. The second kappa shape index (κ2) is 6.73. The van der Waals surface area contributed by atoms with Crippen molar-refractivity contribution >= 4 is 27.5 Å². The van der Waals surface area contributed by atoms with E-state index in [1.165, 1.54) is 0 Å². The van der Waals surface area contributed by atoms with Gasteiger partial charge in [-0.15, -0.1) is 0 Å². The fourth-order valence-electron chi connectivity index (χ4n) is 2.16. The minimum absolute atomic E-state index is 0.151. The zero-order chi connectivity index (χ0) is 15.6. The Hall–Kier alpha value is -1.17. The Kier molecular flexibility index (Phi) is 5.19. The molecule has 0 saturated carbocycles. The largest absolute Gasteiger partial charge is 0.496 e. The molecule has 1 unspecified atom stereocenters. The third-order valence-electron chi connectivity index (χ3n) is 3.15. The number of halogens is 4. The Labute approximate surface area is 135 Å². The van der Waals surface area contributed by atoms with E-state index < -0.39 is 17.7 Å². The summed E-state index contributed by atoms with van der Waals surface area (Å²) < 4.78 is 32.9. The molecule has 2 rings (SSSR count). The molecule has 1 atom stereocenters. The average molecular weight is 377 g/mol. The van der Waals surface area contributed by atoms with Gasteiger partial charge in [0, 0.05) is 15.1 Å². The van der Waals surface area contributed by atoms with Gasteiger partial charge in [0.15, 0.2) is 11.6 Å². The van der Waals surface area contributed by atoms with Gasteiger partial charge in [-0.05, 0) is 36.9 Å². The predicted molar refractivity (Wildman–Crippen MR) is 83.0 cm³/mol. The van der Waals surface area contributed by atoms with Crippen molar-refractivity contribution in [2.75, 3.05) is 14.2 Å². The molecule has 1 N–H and O–H groups in total. The summed E-state index contributed by atoms with van der Waals surface area (Å²) in [6.07, 6.45) is 0. The molecule has 112 valence electrons. The van der Waals surface area contributed by atoms with E-state index in [0.29, 0.717) is 11.3 Å². The van der Waals surface area contributed by atoms with Crippen molar-refractivity contribution in [2.45, 2.75) is 6.04 Å². The normalized spacial score (nSPS) is 12.3. The Bertz CT molecular complexity index is 666. The molecule has 0 amide bonds. The number of rotatable bonds is 4. The maximum absolute atomic E-state index is 13.5. The van der Waals surface area contributed by atoms with Crippen LogP contribution < -0.4 is 10.1 Å². The van der Waals surface area contributed by atoms with Gasteiger partial charge in [-0.3, -0.25) is 0 Å². The van der Waals surface area contributed by atoms with Crippen molar-refractivity contribution in [3.05, 3.63) is 62.6 Å². The Morgan fingerprint density at radius 3 is 2.43 bits per heavy atom. The van der Waals surface area contributed by atoms with Gasteiger partial charge in [0.2, 0.25) is 0 Å². The summed E-state index contributed by atoms with van der Waals surface area (Å²) in [5, 5.41) is 3.20. The lowest BCUT2D eigenvalue weighted by Crippen LogP contribution is -2.19. The maximum atomic E-state index is 13.5. The molecule has 0 spiro atoms. The molecule has 0 aromatic heterocycles. The molecule has 0 fully saturated rings. The van der Waals surface area contributed by atoms with E-state index in [-0.39, 0.29) is 5.02 Å². The SMILES string of the molecule is CNC(c1cc(F)c(F)cc1Cl)c1ccc(Br)cc1OC. The van der Waals surface area contributed by atoms with Crippen LogP contribution in [0, 0.1) is 11.6 Å². The highest BCUT2D eigenvalue weighted by atomic mass is 79.9. The van der Waals surface area contributed by atoms with Crippen LogP contribution in [0.4, 0.5) is 8.78 Å². The fraction of sp³-hybridized carbons (Fsp3) is 0.200. The van der Waals surface area contributed by atoms with Crippen LogP contribution in [0.5, 0.6) is 5.75 Å². The molecular weight excluding hydrogens is 364 g/mol. The van der Waals surface area contributed by atoms with Gasteiger partial charge in [-0.2, -0.15) is 0 Å². The summed E-state index contributed by atoms with van der Waals surface area (Å²) in [4.78, 5) is 0. The van der Waals surface area contributed by atoms with Crippen LogP contribution >= 0.6 is 27.5 Å². The van der Waals surface area contributed by atoms with Crippen molar-refractivity contribution in [2.24, 2.45) is 0 Å². The van der Waals surface area contributed by atoms with Gasteiger partial charge in [0.25, 0.3) is 0 Å². The highest BCUT2D eigenvalue weighted by Gasteiger charge is 2.21. The van der Waals surface area contributed by atoms with Crippen molar-refractivity contribution < 1.29 is 13.5 Å². The molecule has 0 bridgehead atoms. The van der Waals surface area contributed by atoms with E-state index in [1.54, 1.807) is 20.2 Å². The molecule has 0 aliphatic carbocycles. The zero-order valence-corrected chi connectivity index (χ0v) is 13.7. The number of hydrogen-bond donors (Lipinski definition) is 1. The van der Waals surface area contributed by atoms with E-state index in [9.17, 15) is 8.78 Å². The van der Waals surface area contributed by atoms with Gasteiger partial charge in [-0.25, -0.2) is 8.78 Å². The van der Waals surface area contributed by atoms with Crippen molar-refractivity contribution in [3.8, 4) is 5.75 Å². The first kappa shape index (κ1) is 16.2. The molecule has 6 heteroatoms. The number of methoxy groups -OCH3 is 1. The van der Waals surface area contributed by atoms with Gasteiger partial charge < -0.3 is 10.1 Å². The molecule has 0 heterocycles. The topological polar surface area (TPSA) is 21.3 Å². The smallest absolute Gasteiger partial charge is 0.160 e. The number of hydrogen-bond acceptors (Lipinski definition) is 2. The molecule has 0 radical (unpaired) electrons. The van der Waals surface area contributed by atoms with Crippen LogP contribution in [0.25, 0.3) is 0 Å². The highest BCUT2D eigenvalue weighted by Crippen LogP contribution is 2.35. The lowest BCUT2D eigenvalue weighted by Gasteiger charge is -2.21. The molecule has 0 saturated heterocycles. The average Bonchev–Trinajstić information content (AvgIpc) is 2.46. The van der Waals surface area contributed by atoms with Crippen molar-refractivity contribution in [3.63, 3.8) is 0 Å². The first-order valence-electron chi connectivity index (χ1n) is 6.13. The summed E-state index contributed by atoms with van der Waals surface area (Å²) in [6.45, 7) is 0. The Morgan fingerprint density at radius 1 is 1.14 bits per heavy atom. The summed E-state index contributed by atoms with van der Waals surface area (Å²) in [7, 11) is 3.26. The molecule has 0 aliphatic rings. The van der Waals surface area contributed by atoms with E-state index in [0.717, 1.165) is 22.2 Å². The Morgan fingerprint density at radius 2 is 1.81 bits per heavy atom. The summed E-state index contributed by atoms with van der Waals surface area (Å²) in [5.74, 6) is -1.29. The molecule has 2 nitrogen and oxygen atoms in total. The summed E-state index contributed by atoms with van der Waals surface area (Å²) in [5.41, 5.74) is 1.22. The van der Waals surface area contributed by atoms with Crippen LogP contribution in [0.3, 0.4) is 0 Å². The minimum Gasteiger partial charge on any atom is -0.496 e. The lowest BCUT2D eigenvalue weighted by molar-refractivity contribution is 0.405. The number of ether oxygens (including phenoxy) is 1. The lowest BCUT2D eigenvalue weighted by atomic mass is 9.97. The van der Waals surface area contributed by atoms with Crippen molar-refractivity contribution in [1.82, 2.24) is 5.32 Å². The van der Waals surface area contributed by atoms with E-state index in [4.69, 9.17) is 16.3 Å². The van der Waals surface area contributed by atoms with Crippen LogP contribution in [0.2, 0.25) is 5.02 Å². The first-order valence-corrected chi connectivity index (χ1v) is 7.30. The fourth-order valence-corrected chi connectivity index (χ4v) is 2.76. The molecule has 21 heavy (non-hydrogen) atoms. The second-order valence-corrected chi connectivity index (χ2v) is 5.72. The minimum atomic E-state index is -0.971. The van der Waals surface area contributed by atoms with E-state index in [1.807, 2.05) is 12.1 Å². The van der Waals surface area contributed by atoms with Crippen LogP contribution in [0.1, 0.15) is 17.2 Å². The monoisotopic (exact) mass is 375 g/mol. The highest BCUT2D eigenvalue weighted by molar-refractivity contribution is 9.10. The summed E-state index contributed by atoms with van der Waals surface area (Å²) >= 11 is 9.42. The number of benzene rings is 2. The van der Waals surface area contributed by atoms with Gasteiger partial charge in [0.05, 0.1) is 13.2 Å². The van der Waals surface area contributed by atoms with Crippen molar-refractivity contribution in [1.29, 1.82) is 0 Å². The van der Waals surface area contributed by atoms with E-state index in [2.05, 4.69) is 21.2 Å². The quantitative estimate of drug-likeness (QED) is 0.781. The first-order chi connectivity index (χ1) is 9.97. The van der Waals surface area contributed by atoms with Crippen LogP contribution in [-0.4, -0.2) is 14.2 Å². The zero-order valence-electron chi connectivity index (χ0n) is 11.4. The standard InChI is InChI=1S/C15H13BrClF2NO/c1-20-15(9-4-3-8(16)5-14(9)21-2)10-6-12(18)13(19)7-11(10)17/h3-7,15,20H,1-2H3. The molecular formula is C15H13BrClF2NO. The predicted octanol–water partition coefficient (Wildman–Crippen LogP) is 4.70. The number of nitrogens with one attached hydrogen (secondary N) is 1. The molecule has 2 aromatic rings. The maximum Gasteiger partial charge on any atom is 0.160 e. The summed E-state index contributed by atoms with van der Waals surface area (Å²) in [6, 6.07) is 7.13.